The van der Waals surface area contributed by atoms with Crippen LogP contribution in [0.1, 0.15) is 20.8 Å². The molecule has 0 fully saturated rings. The molecule has 0 atom stereocenters. The third-order valence-electron chi connectivity index (χ3n) is 0. The van der Waals surface area contributed by atoms with Crippen molar-refractivity contribution in [3.8, 4) is 0 Å². The van der Waals surface area contributed by atoms with Crippen LogP contribution in [0.3, 0.4) is 0 Å². The smallest absolute Gasteiger partial charge is 0.0149 e. The fourth-order valence-electron chi connectivity index (χ4n) is 0. The van der Waals surface area contributed by atoms with Gasteiger partial charge in [-0.05, 0) is 16.9 Å². The Hall–Kier alpha value is 0.217. The molecule has 0 nitrogen and oxygen atoms in total. The van der Waals surface area contributed by atoms with Crippen LogP contribution < -0.4 is 0 Å². The molecule has 0 rings (SSSR count). The molecule has 0 aliphatic rings. The summed E-state index contributed by atoms with van der Waals surface area (Å²) >= 11 is 0. The predicted octanol–water partition coefficient (Wildman–Crippen LogP) is 0.211. The minimum Gasteiger partial charge on any atom is -0.0630 e. The molecule has 0 N–H and O–H groups in total. The zero-order chi connectivity index (χ0) is 3.58. The van der Waals surface area contributed by atoms with Gasteiger partial charge < -0.3 is 0 Å². The summed E-state index contributed by atoms with van der Waals surface area (Å²) in [5.74, 6) is 0.833. The molecule has 0 aromatic rings. The van der Waals surface area contributed by atoms with Crippen LogP contribution in [0.25, 0.3) is 0 Å². The van der Waals surface area contributed by atoms with E-state index < -0.39 is 0 Å². The van der Waals surface area contributed by atoms with Crippen molar-refractivity contribution in [2.75, 3.05) is 0 Å². The van der Waals surface area contributed by atoms with Gasteiger partial charge in [-0.1, -0.05) is 20.8 Å². The van der Waals surface area contributed by atoms with Gasteiger partial charge in [0, 0.05) is 0 Å². The summed E-state index contributed by atoms with van der Waals surface area (Å²) in [6, 6.07) is 0. The van der Waals surface area contributed by atoms with Gasteiger partial charge in [-0.3, -0.25) is 0 Å². The minimum absolute atomic E-state index is 0. The zero-order valence-electron chi connectivity index (χ0n) is 3.58. The van der Waals surface area contributed by atoms with Crippen molar-refractivity contribution in [2.24, 2.45) is 5.92 Å². The third-order valence-corrected chi connectivity index (χ3v) is 0. The van der Waals surface area contributed by atoms with Crippen LogP contribution in [0.2, 0.25) is 0 Å². The van der Waals surface area contributed by atoms with E-state index in [-0.39, 0.29) is 11.0 Å². The molecule has 0 aliphatic carbocycles. The van der Waals surface area contributed by atoms with Gasteiger partial charge in [-0.25, -0.2) is 0 Å². The van der Waals surface area contributed by atoms with Gasteiger partial charge >= 0.3 is 0 Å². The van der Waals surface area contributed by atoms with Gasteiger partial charge in [0.1, 0.15) is 0 Å². The Labute approximate surface area is 38.6 Å². The van der Waals surface area contributed by atoms with Crippen molar-refractivity contribution >= 4 is 11.0 Å². The summed E-state index contributed by atoms with van der Waals surface area (Å²) < 4.78 is 0. The van der Waals surface area contributed by atoms with Gasteiger partial charge in [0.15, 0.2) is 0 Å². The van der Waals surface area contributed by atoms with Gasteiger partial charge in [0.05, 0.1) is 0 Å². The predicted molar refractivity (Wildman–Crippen MR) is 31.8 cm³/mol. The Morgan fingerprint density at radius 2 is 1.00 bits per heavy atom. The first-order valence-electron chi connectivity index (χ1n) is 1.73. The highest BCUT2D eigenvalue weighted by Gasteiger charge is 1.68. The standard InChI is InChI=1S/C4H10.H4Si/c1-4(2)3;/h4H,1-3H3;1H4. The first-order chi connectivity index (χ1) is 1.73. The van der Waals surface area contributed by atoms with Crippen molar-refractivity contribution in [1.29, 1.82) is 0 Å². The van der Waals surface area contributed by atoms with Gasteiger partial charge in [0.25, 0.3) is 0 Å². The van der Waals surface area contributed by atoms with Crippen LogP contribution in [0.5, 0.6) is 0 Å². The van der Waals surface area contributed by atoms with Crippen molar-refractivity contribution < 1.29 is 0 Å². The van der Waals surface area contributed by atoms with Crippen molar-refractivity contribution in [2.45, 2.75) is 20.8 Å². The second kappa shape index (κ2) is 4.22. The molecule has 0 radical (unpaired) electrons. The van der Waals surface area contributed by atoms with Crippen LogP contribution >= 0.6 is 0 Å². The van der Waals surface area contributed by atoms with Gasteiger partial charge in [0.2, 0.25) is 0 Å². The fraction of sp³-hybridized carbons (Fsp3) is 1.00. The lowest BCUT2D eigenvalue weighted by molar-refractivity contribution is 0.737. The molecule has 1 heteroatoms. The maximum Gasteiger partial charge on any atom is -0.0149 e. The van der Waals surface area contributed by atoms with Crippen LogP contribution in [0.15, 0.2) is 0 Å². The molecule has 0 bridgehead atoms. The Morgan fingerprint density at radius 1 is 1.00 bits per heavy atom. The first-order valence-corrected chi connectivity index (χ1v) is 1.73. The molecule has 0 aliphatic heterocycles. The molecular formula is C4H14Si. The van der Waals surface area contributed by atoms with E-state index in [0.29, 0.717) is 0 Å². The third kappa shape index (κ3) is 441. The summed E-state index contributed by atoms with van der Waals surface area (Å²) in [6.07, 6.45) is 0. The van der Waals surface area contributed by atoms with Crippen LogP contribution in [-0.4, -0.2) is 11.0 Å². The molecule has 0 heterocycles. The van der Waals surface area contributed by atoms with E-state index in [4.69, 9.17) is 0 Å². The Morgan fingerprint density at radius 3 is 1.00 bits per heavy atom. The van der Waals surface area contributed by atoms with Crippen molar-refractivity contribution in [3.63, 3.8) is 0 Å². The lowest BCUT2D eigenvalue weighted by atomic mass is 10.3. The Balaban J connectivity index is 0. The second-order valence-corrected chi connectivity index (χ2v) is 1.73. The molecule has 0 aromatic heterocycles. The largest absolute Gasteiger partial charge is 0.0630 e. The van der Waals surface area contributed by atoms with E-state index >= 15 is 0 Å². The first kappa shape index (κ1) is 8.96. The molecular weight excluding hydrogens is 76.1 g/mol. The quantitative estimate of drug-likeness (QED) is 0.373. The SMILES string of the molecule is CC(C)C.[SiH4]. The van der Waals surface area contributed by atoms with Crippen LogP contribution in [0.4, 0.5) is 0 Å². The monoisotopic (exact) mass is 90.1 g/mol. The van der Waals surface area contributed by atoms with Gasteiger partial charge in [-0.15, -0.1) is 0 Å². The number of rotatable bonds is 0. The lowest BCUT2D eigenvalue weighted by Gasteiger charge is -1.79. The molecule has 34 valence electrons. The highest BCUT2D eigenvalue weighted by Crippen LogP contribution is 1.81. The topological polar surface area (TPSA) is 0 Å². The van der Waals surface area contributed by atoms with Crippen LogP contribution in [0, 0.1) is 5.92 Å². The Bertz CT molecular complexity index is 8.36. The second-order valence-electron chi connectivity index (χ2n) is 1.73. The van der Waals surface area contributed by atoms with E-state index in [0.717, 1.165) is 5.92 Å². The minimum atomic E-state index is 0. The highest BCUT2D eigenvalue weighted by molar-refractivity contribution is 5.75. The highest BCUT2D eigenvalue weighted by atomic mass is 28.1. The van der Waals surface area contributed by atoms with E-state index in [2.05, 4.69) is 20.8 Å². The Kier molecular flexibility index (Phi) is 7.56. The maximum absolute atomic E-state index is 2.17. The van der Waals surface area contributed by atoms with Crippen LogP contribution in [-0.2, 0) is 0 Å². The molecule has 0 saturated heterocycles. The summed E-state index contributed by atoms with van der Waals surface area (Å²) in [5, 5.41) is 0. The number of hydrogen-bond donors (Lipinski definition) is 0. The molecule has 0 spiro atoms. The summed E-state index contributed by atoms with van der Waals surface area (Å²) in [7, 11) is 0. The summed E-state index contributed by atoms with van der Waals surface area (Å²) in [4.78, 5) is 0. The molecule has 0 unspecified atom stereocenters. The molecule has 0 saturated carbocycles. The molecule has 0 amide bonds. The average molecular weight is 90.2 g/mol. The van der Waals surface area contributed by atoms with E-state index in [1.807, 2.05) is 0 Å². The average Bonchev–Trinajstić information content (AvgIpc) is 0.811. The van der Waals surface area contributed by atoms with Crippen molar-refractivity contribution in [3.05, 3.63) is 0 Å². The van der Waals surface area contributed by atoms with E-state index in [1.54, 1.807) is 0 Å². The zero-order valence-corrected chi connectivity index (χ0v) is 3.58. The molecule has 0 aromatic carbocycles. The number of hydrogen-bond acceptors (Lipinski definition) is 0. The fourth-order valence-corrected chi connectivity index (χ4v) is 0. The normalized spacial score (nSPS) is 7.20. The van der Waals surface area contributed by atoms with E-state index in [1.165, 1.54) is 0 Å². The lowest BCUT2D eigenvalue weighted by Crippen LogP contribution is -1.66. The van der Waals surface area contributed by atoms with Crippen molar-refractivity contribution in [1.82, 2.24) is 0 Å². The van der Waals surface area contributed by atoms with E-state index in [9.17, 15) is 0 Å². The summed E-state index contributed by atoms with van der Waals surface area (Å²) in [5.41, 5.74) is 0. The maximum atomic E-state index is 2.17. The van der Waals surface area contributed by atoms with Gasteiger partial charge in [-0.2, -0.15) is 0 Å². The summed E-state index contributed by atoms with van der Waals surface area (Å²) in [6.45, 7) is 6.50. The molecule has 5 heavy (non-hydrogen) atoms.